The molecule has 0 aromatic heterocycles. The number of ether oxygens (including phenoxy) is 1. The van der Waals surface area contributed by atoms with E-state index in [4.69, 9.17) is 5.73 Å². The number of nitrogens with one attached hydrogen (secondary N) is 1. The van der Waals surface area contributed by atoms with Crippen LogP contribution < -0.4 is 11.1 Å². The lowest BCUT2D eigenvalue weighted by molar-refractivity contribution is -0.145. The van der Waals surface area contributed by atoms with Gasteiger partial charge in [0, 0.05) is 0 Å². The molecule has 0 aliphatic carbocycles. The fraction of sp³-hybridized carbons (Fsp3) is 0.750. The summed E-state index contributed by atoms with van der Waals surface area (Å²) in [5.41, 5.74) is 5.09. The first kappa shape index (κ1) is 17.4. The molecule has 0 fully saturated rings. The molecule has 0 aromatic carbocycles. The molecular weight excluding hydrogens is 252 g/mol. The van der Waals surface area contributed by atoms with Crippen molar-refractivity contribution in [1.29, 1.82) is 0 Å². The number of hydrogen-bond donors (Lipinski definition) is 3. The minimum atomic E-state index is -1.23. The van der Waals surface area contributed by atoms with Crippen LogP contribution in [0.3, 0.4) is 0 Å². The highest BCUT2D eigenvalue weighted by Gasteiger charge is 2.25. The second-order valence-electron chi connectivity index (χ2n) is 4.62. The zero-order chi connectivity index (χ0) is 15.0. The van der Waals surface area contributed by atoms with Crippen molar-refractivity contribution in [3.05, 3.63) is 0 Å². The van der Waals surface area contributed by atoms with Gasteiger partial charge >= 0.3 is 5.97 Å². The molecule has 0 rings (SSSR count). The summed E-state index contributed by atoms with van der Waals surface area (Å²) in [4.78, 5) is 34.0. The first-order chi connectivity index (χ1) is 8.77. The summed E-state index contributed by atoms with van der Waals surface area (Å²) in [6.07, 6.45) is -1.32. The predicted octanol–water partition coefficient (Wildman–Crippen LogP) is -0.683. The molecule has 0 saturated heterocycles. The van der Waals surface area contributed by atoms with Crippen LogP contribution >= 0.6 is 0 Å². The average molecular weight is 274 g/mol. The molecule has 2 atom stereocenters. The molecule has 0 saturated carbocycles. The molecule has 4 N–H and O–H groups in total. The second kappa shape index (κ2) is 8.47. The number of esters is 1. The van der Waals surface area contributed by atoms with Crippen LogP contribution in [0.1, 0.15) is 33.6 Å². The molecule has 0 aromatic rings. The second-order valence-corrected chi connectivity index (χ2v) is 4.62. The van der Waals surface area contributed by atoms with Gasteiger partial charge in [0.15, 0.2) is 0 Å². The van der Waals surface area contributed by atoms with Crippen molar-refractivity contribution in [1.82, 2.24) is 5.32 Å². The molecule has 0 radical (unpaired) electrons. The van der Waals surface area contributed by atoms with Crippen LogP contribution in [0, 0.1) is 5.92 Å². The van der Waals surface area contributed by atoms with E-state index >= 15 is 0 Å². The lowest BCUT2D eigenvalue weighted by Crippen LogP contribution is -2.49. The average Bonchev–Trinajstić information content (AvgIpc) is 2.27. The number of nitrogens with two attached hydrogens (primary N) is 1. The van der Waals surface area contributed by atoms with Gasteiger partial charge < -0.3 is 20.9 Å². The molecule has 2 amide bonds. The number of primary amides is 1. The Morgan fingerprint density at radius 2 is 1.89 bits per heavy atom. The van der Waals surface area contributed by atoms with Crippen LogP contribution in [0.4, 0.5) is 0 Å². The Kier molecular flexibility index (Phi) is 7.74. The SMILES string of the molecule is CCOC(=O)C[C@H](NC(=O)[C@H](O)CC(C)C)C(N)=O. The van der Waals surface area contributed by atoms with Crippen LogP contribution in [0.25, 0.3) is 0 Å². The van der Waals surface area contributed by atoms with E-state index in [1.807, 2.05) is 13.8 Å². The monoisotopic (exact) mass is 274 g/mol. The van der Waals surface area contributed by atoms with Gasteiger partial charge in [0.1, 0.15) is 12.1 Å². The van der Waals surface area contributed by atoms with Crippen molar-refractivity contribution < 1.29 is 24.2 Å². The summed E-state index contributed by atoms with van der Waals surface area (Å²) < 4.78 is 4.67. The van der Waals surface area contributed by atoms with Gasteiger partial charge in [-0.2, -0.15) is 0 Å². The van der Waals surface area contributed by atoms with Gasteiger partial charge in [-0.25, -0.2) is 0 Å². The maximum atomic E-state index is 11.6. The van der Waals surface area contributed by atoms with Gasteiger partial charge in [0.05, 0.1) is 13.0 Å². The summed E-state index contributed by atoms with van der Waals surface area (Å²) in [6.45, 7) is 5.50. The fourth-order valence-corrected chi connectivity index (χ4v) is 1.43. The van der Waals surface area contributed by atoms with Crippen molar-refractivity contribution in [2.45, 2.75) is 45.8 Å². The summed E-state index contributed by atoms with van der Waals surface area (Å²) in [5.74, 6) is -2.08. The first-order valence-electron chi connectivity index (χ1n) is 6.21. The molecule has 0 unspecified atom stereocenters. The fourth-order valence-electron chi connectivity index (χ4n) is 1.43. The molecule has 7 heteroatoms. The van der Waals surface area contributed by atoms with Gasteiger partial charge in [-0.15, -0.1) is 0 Å². The van der Waals surface area contributed by atoms with Crippen LogP contribution in [-0.4, -0.2) is 41.6 Å². The van der Waals surface area contributed by atoms with E-state index in [0.717, 1.165) is 0 Å². The number of hydrogen-bond acceptors (Lipinski definition) is 5. The number of aliphatic hydroxyl groups is 1. The Balaban J connectivity index is 4.46. The molecule has 0 aliphatic heterocycles. The minimum Gasteiger partial charge on any atom is -0.466 e. The van der Waals surface area contributed by atoms with E-state index in [2.05, 4.69) is 10.1 Å². The largest absolute Gasteiger partial charge is 0.466 e. The lowest BCUT2D eigenvalue weighted by Gasteiger charge is -2.18. The van der Waals surface area contributed by atoms with Gasteiger partial charge in [-0.1, -0.05) is 13.8 Å². The molecule has 0 heterocycles. The molecule has 0 aliphatic rings. The summed E-state index contributed by atoms with van der Waals surface area (Å²) in [7, 11) is 0. The Morgan fingerprint density at radius 1 is 1.32 bits per heavy atom. The molecular formula is C12H22N2O5. The molecule has 0 spiro atoms. The predicted molar refractivity (Wildman–Crippen MR) is 67.8 cm³/mol. The summed E-state index contributed by atoms with van der Waals surface area (Å²) >= 11 is 0. The number of carbonyl (C=O) groups is 3. The quantitative estimate of drug-likeness (QED) is 0.506. The van der Waals surface area contributed by atoms with Gasteiger partial charge in [0.2, 0.25) is 11.8 Å². The minimum absolute atomic E-state index is 0.123. The maximum absolute atomic E-state index is 11.6. The zero-order valence-electron chi connectivity index (χ0n) is 11.5. The summed E-state index contributed by atoms with van der Waals surface area (Å²) in [6, 6.07) is -1.17. The van der Waals surface area contributed by atoms with Crippen LogP contribution in [0.5, 0.6) is 0 Å². The molecule has 7 nitrogen and oxygen atoms in total. The van der Waals surface area contributed by atoms with Crippen molar-refractivity contribution in [2.75, 3.05) is 6.61 Å². The molecule has 0 bridgehead atoms. The Hall–Kier alpha value is -1.63. The maximum Gasteiger partial charge on any atom is 0.308 e. The molecule has 110 valence electrons. The van der Waals surface area contributed by atoms with Crippen molar-refractivity contribution in [3.63, 3.8) is 0 Å². The third-order valence-corrected chi connectivity index (χ3v) is 2.33. The van der Waals surface area contributed by atoms with E-state index < -0.39 is 29.9 Å². The number of amides is 2. The van der Waals surface area contributed by atoms with E-state index in [1.54, 1.807) is 6.92 Å². The van der Waals surface area contributed by atoms with E-state index in [-0.39, 0.29) is 25.4 Å². The topological polar surface area (TPSA) is 119 Å². The first-order valence-corrected chi connectivity index (χ1v) is 6.21. The lowest BCUT2D eigenvalue weighted by atomic mass is 10.0. The van der Waals surface area contributed by atoms with Gasteiger partial charge in [-0.05, 0) is 19.3 Å². The summed E-state index contributed by atoms with van der Waals surface area (Å²) in [5, 5.41) is 11.8. The zero-order valence-corrected chi connectivity index (χ0v) is 11.5. The number of aliphatic hydroxyl groups excluding tert-OH is 1. The standard InChI is InChI=1S/C12H22N2O5/c1-4-19-10(16)6-8(11(13)17)14-12(18)9(15)5-7(2)3/h7-9,15H,4-6H2,1-3H3,(H2,13,17)(H,14,18)/t8-,9+/m0/s1. The third kappa shape index (κ3) is 7.40. The van der Waals surface area contributed by atoms with Crippen molar-refractivity contribution in [3.8, 4) is 0 Å². The Labute approximate surface area is 112 Å². The van der Waals surface area contributed by atoms with Crippen LogP contribution in [0.2, 0.25) is 0 Å². The highest BCUT2D eigenvalue weighted by molar-refractivity contribution is 5.91. The normalized spacial score (nSPS) is 13.7. The highest BCUT2D eigenvalue weighted by Crippen LogP contribution is 2.05. The van der Waals surface area contributed by atoms with Crippen molar-refractivity contribution >= 4 is 17.8 Å². The smallest absolute Gasteiger partial charge is 0.308 e. The number of carbonyl (C=O) groups excluding carboxylic acids is 3. The Bertz CT molecular complexity index is 330. The van der Waals surface area contributed by atoms with Gasteiger partial charge in [-0.3, -0.25) is 14.4 Å². The van der Waals surface area contributed by atoms with Crippen LogP contribution in [-0.2, 0) is 19.1 Å². The van der Waals surface area contributed by atoms with Crippen molar-refractivity contribution in [2.24, 2.45) is 11.7 Å². The van der Waals surface area contributed by atoms with Gasteiger partial charge in [0.25, 0.3) is 0 Å². The highest BCUT2D eigenvalue weighted by atomic mass is 16.5. The Morgan fingerprint density at radius 3 is 2.32 bits per heavy atom. The molecule has 19 heavy (non-hydrogen) atoms. The third-order valence-electron chi connectivity index (χ3n) is 2.33. The van der Waals surface area contributed by atoms with E-state index in [1.165, 1.54) is 0 Å². The van der Waals surface area contributed by atoms with E-state index in [9.17, 15) is 19.5 Å². The van der Waals surface area contributed by atoms with Crippen LogP contribution in [0.15, 0.2) is 0 Å². The van der Waals surface area contributed by atoms with E-state index in [0.29, 0.717) is 0 Å². The number of rotatable bonds is 8.